The molecule has 0 unspecified atom stereocenters. The van der Waals surface area contributed by atoms with Gasteiger partial charge < -0.3 is 4.90 Å². The Morgan fingerprint density at radius 2 is 1.92 bits per heavy atom. The summed E-state index contributed by atoms with van der Waals surface area (Å²) in [4.78, 5) is 22.6. The van der Waals surface area contributed by atoms with Crippen LogP contribution in [0, 0.1) is 0 Å². The number of rotatable bonds is 8. The van der Waals surface area contributed by atoms with Gasteiger partial charge >= 0.3 is 0 Å². The molecule has 0 fully saturated rings. The summed E-state index contributed by atoms with van der Waals surface area (Å²) in [7, 11) is -0.278. The van der Waals surface area contributed by atoms with Gasteiger partial charge in [-0.25, -0.2) is 13.1 Å². The first-order valence-corrected chi connectivity index (χ1v) is 9.85. The first-order chi connectivity index (χ1) is 12.3. The maximum absolute atomic E-state index is 12.4. The van der Waals surface area contributed by atoms with Gasteiger partial charge in [0, 0.05) is 44.5 Å². The van der Waals surface area contributed by atoms with Crippen molar-refractivity contribution in [3.05, 3.63) is 54.1 Å². The molecule has 0 aliphatic rings. The number of nitrogens with one attached hydrogen (secondary N) is 1. The fourth-order valence-corrected chi connectivity index (χ4v) is 3.23. The highest BCUT2D eigenvalue weighted by Crippen LogP contribution is 2.13. The highest BCUT2D eigenvalue weighted by Gasteiger charge is 2.17. The predicted octanol–water partition coefficient (Wildman–Crippen LogP) is 1.41. The molecule has 1 aromatic heterocycles. The summed E-state index contributed by atoms with van der Waals surface area (Å²) in [5.41, 5.74) is 1.77. The Morgan fingerprint density at radius 1 is 1.23 bits per heavy atom. The smallest absolute Gasteiger partial charge is 0.240 e. The van der Waals surface area contributed by atoms with E-state index in [2.05, 4.69) is 14.7 Å². The van der Waals surface area contributed by atoms with Crippen LogP contribution in [-0.2, 0) is 27.7 Å². The zero-order valence-electron chi connectivity index (χ0n) is 15.2. The van der Waals surface area contributed by atoms with E-state index in [0.29, 0.717) is 19.3 Å². The molecule has 1 atom stereocenters. The predicted molar refractivity (Wildman–Crippen MR) is 99.0 cm³/mol. The Bertz CT molecular complexity index is 823. The fourth-order valence-electron chi connectivity index (χ4n) is 2.50. The van der Waals surface area contributed by atoms with Crippen LogP contribution in [0.15, 0.2) is 47.8 Å². The number of sulfonamides is 1. The summed E-state index contributed by atoms with van der Waals surface area (Å²) in [5, 5.41) is 0. The van der Waals surface area contributed by atoms with E-state index < -0.39 is 10.0 Å². The van der Waals surface area contributed by atoms with Crippen molar-refractivity contribution < 1.29 is 13.2 Å². The normalized spacial score (nSPS) is 12.6. The van der Waals surface area contributed by atoms with Crippen molar-refractivity contribution in [2.45, 2.75) is 37.1 Å². The Balaban J connectivity index is 1.89. The molecule has 1 N–H and O–H groups in total. The number of nitrogens with zero attached hydrogens (tertiary/aromatic N) is 3. The van der Waals surface area contributed by atoms with Crippen LogP contribution < -0.4 is 4.72 Å². The van der Waals surface area contributed by atoms with Crippen LogP contribution in [0.3, 0.4) is 0 Å². The zero-order valence-corrected chi connectivity index (χ0v) is 16.0. The number of benzene rings is 1. The number of likely N-dealkylation sites (N-methyl/N-ethyl adjacent to an activating group) is 1. The zero-order chi connectivity index (χ0) is 19.2. The monoisotopic (exact) mass is 376 g/mol. The third-order valence-electron chi connectivity index (χ3n) is 4.31. The first kappa shape index (κ1) is 20.0. The molecule has 8 heteroatoms. The summed E-state index contributed by atoms with van der Waals surface area (Å²) in [6.45, 7) is 1.98. The number of carbonyl (C=O) groups excluding carboxylic acids is 1. The third kappa shape index (κ3) is 5.34. The topological polar surface area (TPSA) is 92.3 Å². The highest BCUT2D eigenvalue weighted by molar-refractivity contribution is 7.89. The molecule has 0 saturated heterocycles. The van der Waals surface area contributed by atoms with Gasteiger partial charge in [0.15, 0.2) is 0 Å². The number of aromatic nitrogens is 2. The average molecular weight is 376 g/mol. The molecule has 1 amide bonds. The summed E-state index contributed by atoms with van der Waals surface area (Å²) >= 11 is 0. The molecule has 0 radical (unpaired) electrons. The van der Waals surface area contributed by atoms with Gasteiger partial charge in [-0.2, -0.15) is 0 Å². The van der Waals surface area contributed by atoms with Crippen LogP contribution >= 0.6 is 0 Å². The lowest BCUT2D eigenvalue weighted by Gasteiger charge is -2.24. The molecule has 2 aromatic rings. The second-order valence-corrected chi connectivity index (χ2v) is 7.99. The Kier molecular flexibility index (Phi) is 6.82. The molecule has 26 heavy (non-hydrogen) atoms. The van der Waals surface area contributed by atoms with Gasteiger partial charge in [0.25, 0.3) is 0 Å². The first-order valence-electron chi connectivity index (χ1n) is 8.36. The van der Waals surface area contributed by atoms with E-state index in [4.69, 9.17) is 0 Å². The lowest BCUT2D eigenvalue weighted by Crippen LogP contribution is -2.36. The maximum atomic E-state index is 12.4. The molecular weight excluding hydrogens is 352 g/mol. The minimum absolute atomic E-state index is 0.0161. The van der Waals surface area contributed by atoms with Crippen LogP contribution in [0.5, 0.6) is 0 Å². The van der Waals surface area contributed by atoms with Crippen LogP contribution in [0.1, 0.15) is 24.6 Å². The van der Waals surface area contributed by atoms with E-state index in [-0.39, 0.29) is 16.8 Å². The van der Waals surface area contributed by atoms with Gasteiger partial charge in [-0.15, -0.1) is 0 Å². The molecule has 1 aromatic carbocycles. The lowest BCUT2D eigenvalue weighted by atomic mass is 10.1. The summed E-state index contributed by atoms with van der Waals surface area (Å²) < 4.78 is 25.7. The van der Waals surface area contributed by atoms with Gasteiger partial charge in [0.2, 0.25) is 15.9 Å². The summed E-state index contributed by atoms with van der Waals surface area (Å²) in [6.07, 6.45) is 6.53. The largest absolute Gasteiger partial charge is 0.343 e. The van der Waals surface area contributed by atoms with Crippen molar-refractivity contribution in [1.29, 1.82) is 0 Å². The van der Waals surface area contributed by atoms with Crippen molar-refractivity contribution >= 4 is 15.9 Å². The third-order valence-corrected chi connectivity index (χ3v) is 5.74. The van der Waals surface area contributed by atoms with E-state index in [1.54, 1.807) is 54.8 Å². The number of amides is 1. The van der Waals surface area contributed by atoms with E-state index in [0.717, 1.165) is 11.3 Å². The average Bonchev–Trinajstić information content (AvgIpc) is 2.66. The Morgan fingerprint density at radius 3 is 2.50 bits per heavy atom. The standard InChI is InChI=1S/C18H24N4O3S/c1-14(12-16-13-20-10-11-21-16)22(3)18(23)9-6-15-4-7-17(8-5-15)26(24,25)19-2/h4-5,7-8,10-11,13-14,19H,6,9,12H2,1-3H3/t14-/m1/s1. The molecule has 2 rings (SSSR count). The second kappa shape index (κ2) is 8.86. The van der Waals surface area contributed by atoms with Gasteiger partial charge in [-0.1, -0.05) is 12.1 Å². The van der Waals surface area contributed by atoms with Crippen molar-refractivity contribution in [2.75, 3.05) is 14.1 Å². The van der Waals surface area contributed by atoms with Crippen LogP contribution in [0.2, 0.25) is 0 Å². The number of hydrogen-bond donors (Lipinski definition) is 1. The molecule has 0 saturated carbocycles. The fraction of sp³-hybridized carbons (Fsp3) is 0.389. The number of aryl methyl sites for hydroxylation is 1. The van der Waals surface area contributed by atoms with E-state index in [1.807, 2.05) is 6.92 Å². The number of carbonyl (C=O) groups is 1. The van der Waals surface area contributed by atoms with Crippen molar-refractivity contribution in [3.63, 3.8) is 0 Å². The second-order valence-electron chi connectivity index (χ2n) is 6.11. The number of hydrogen-bond acceptors (Lipinski definition) is 5. The maximum Gasteiger partial charge on any atom is 0.240 e. The van der Waals surface area contributed by atoms with Gasteiger partial charge in [-0.3, -0.25) is 14.8 Å². The van der Waals surface area contributed by atoms with E-state index in [1.165, 1.54) is 7.05 Å². The minimum Gasteiger partial charge on any atom is -0.343 e. The molecular formula is C18H24N4O3S. The van der Waals surface area contributed by atoms with Crippen LogP contribution in [0.25, 0.3) is 0 Å². The molecule has 0 bridgehead atoms. The van der Waals surface area contributed by atoms with Gasteiger partial charge in [0.1, 0.15) is 0 Å². The Labute approximate surface area is 154 Å². The molecule has 7 nitrogen and oxygen atoms in total. The summed E-state index contributed by atoms with van der Waals surface area (Å²) in [6, 6.07) is 6.58. The van der Waals surface area contributed by atoms with Crippen LogP contribution in [-0.4, -0.2) is 49.3 Å². The molecule has 0 aliphatic carbocycles. The molecule has 0 spiro atoms. The highest BCUT2D eigenvalue weighted by atomic mass is 32.2. The lowest BCUT2D eigenvalue weighted by molar-refractivity contribution is -0.131. The minimum atomic E-state index is -3.44. The SMILES string of the molecule is CNS(=O)(=O)c1ccc(CCC(=O)N(C)[C@H](C)Cc2cnccn2)cc1. The van der Waals surface area contributed by atoms with E-state index in [9.17, 15) is 13.2 Å². The van der Waals surface area contributed by atoms with Gasteiger partial charge in [-0.05, 0) is 38.1 Å². The van der Waals surface area contributed by atoms with Crippen molar-refractivity contribution in [1.82, 2.24) is 19.6 Å². The van der Waals surface area contributed by atoms with Crippen molar-refractivity contribution in [2.24, 2.45) is 0 Å². The molecule has 0 aliphatic heterocycles. The van der Waals surface area contributed by atoms with Crippen LogP contribution in [0.4, 0.5) is 0 Å². The Hall–Kier alpha value is -2.32. The molecule has 140 valence electrons. The van der Waals surface area contributed by atoms with Gasteiger partial charge in [0.05, 0.1) is 10.6 Å². The summed E-state index contributed by atoms with van der Waals surface area (Å²) in [5.74, 6) is 0.0355. The quantitative estimate of drug-likeness (QED) is 0.752. The van der Waals surface area contributed by atoms with Crippen molar-refractivity contribution in [3.8, 4) is 0 Å². The van der Waals surface area contributed by atoms with E-state index >= 15 is 0 Å². The molecule has 1 heterocycles.